The van der Waals surface area contributed by atoms with Gasteiger partial charge < -0.3 is 9.31 Å². The van der Waals surface area contributed by atoms with Crippen molar-refractivity contribution in [2.45, 2.75) is 12.5 Å². The summed E-state index contributed by atoms with van der Waals surface area (Å²) in [6, 6.07) is 41.6. The highest BCUT2D eigenvalue weighted by Gasteiger charge is 2.38. The van der Waals surface area contributed by atoms with E-state index in [0.717, 1.165) is 38.7 Å². The SMILES string of the molecule is Cc1ccc(B2OCC(c3ccccc3)(c3ccccc3)N=Cc3c(ccc4ccccc34)O2)cc1. The minimum atomic E-state index is -0.743. The van der Waals surface area contributed by atoms with Crippen molar-refractivity contribution < 1.29 is 9.31 Å². The number of nitrogens with zero attached hydrogens (tertiary/aromatic N) is 1. The van der Waals surface area contributed by atoms with Gasteiger partial charge >= 0.3 is 7.12 Å². The van der Waals surface area contributed by atoms with Gasteiger partial charge in [0, 0.05) is 11.8 Å². The highest BCUT2D eigenvalue weighted by Crippen LogP contribution is 2.37. The second kappa shape index (κ2) is 9.48. The van der Waals surface area contributed by atoms with Crippen molar-refractivity contribution in [3.8, 4) is 5.75 Å². The zero-order valence-corrected chi connectivity index (χ0v) is 20.2. The molecular formula is C32H26BNO2. The molecule has 0 N–H and O–H groups in total. The van der Waals surface area contributed by atoms with E-state index in [2.05, 4.69) is 110 Å². The third kappa shape index (κ3) is 4.10. The summed E-state index contributed by atoms with van der Waals surface area (Å²) >= 11 is 0. The van der Waals surface area contributed by atoms with Crippen molar-refractivity contribution in [2.75, 3.05) is 6.61 Å². The summed E-state index contributed by atoms with van der Waals surface area (Å²) in [7, 11) is -0.584. The molecule has 3 nitrogen and oxygen atoms in total. The monoisotopic (exact) mass is 467 g/mol. The molecule has 1 heterocycles. The molecule has 0 unspecified atom stereocenters. The fourth-order valence-electron chi connectivity index (χ4n) is 4.87. The Morgan fingerprint density at radius 2 is 1.33 bits per heavy atom. The Balaban J connectivity index is 1.60. The molecule has 0 radical (unpaired) electrons. The summed E-state index contributed by atoms with van der Waals surface area (Å²) in [5.74, 6) is 0.750. The van der Waals surface area contributed by atoms with Crippen LogP contribution in [0.15, 0.2) is 126 Å². The van der Waals surface area contributed by atoms with Crippen molar-refractivity contribution in [3.05, 3.63) is 144 Å². The molecule has 0 atom stereocenters. The minimum Gasteiger partial charge on any atom is -0.532 e. The molecule has 5 aromatic carbocycles. The van der Waals surface area contributed by atoms with E-state index in [0.29, 0.717) is 6.61 Å². The predicted molar refractivity (Wildman–Crippen MR) is 148 cm³/mol. The Morgan fingerprint density at radius 3 is 2.03 bits per heavy atom. The van der Waals surface area contributed by atoms with Gasteiger partial charge in [0.05, 0.1) is 6.61 Å². The van der Waals surface area contributed by atoms with Gasteiger partial charge in [-0.3, -0.25) is 4.99 Å². The standard InChI is InChI=1S/C32H26BNO2/c1-24-16-19-28(20-17-24)33-35-23-32(26-11-4-2-5-12-26,27-13-6-3-7-14-27)34-22-30-29-15-9-8-10-25(29)18-21-31(30)36-33/h2-22H,23H2,1H3. The van der Waals surface area contributed by atoms with Gasteiger partial charge in [-0.1, -0.05) is 121 Å². The van der Waals surface area contributed by atoms with Gasteiger partial charge in [-0.2, -0.15) is 0 Å². The van der Waals surface area contributed by atoms with Crippen LogP contribution in [0.25, 0.3) is 10.8 Å². The van der Waals surface area contributed by atoms with Crippen molar-refractivity contribution in [1.82, 2.24) is 0 Å². The molecule has 0 aromatic heterocycles. The first-order valence-electron chi connectivity index (χ1n) is 12.3. The number of hydrogen-bond donors (Lipinski definition) is 0. The molecule has 4 heteroatoms. The fourth-order valence-corrected chi connectivity index (χ4v) is 4.87. The Labute approximate surface area is 212 Å². The number of benzene rings is 5. The Bertz CT molecular complexity index is 1480. The maximum absolute atomic E-state index is 6.65. The Kier molecular flexibility index (Phi) is 5.88. The summed E-state index contributed by atoms with van der Waals surface area (Å²) in [6.45, 7) is 2.40. The molecule has 0 bridgehead atoms. The van der Waals surface area contributed by atoms with Gasteiger partial charge in [0.2, 0.25) is 0 Å². The lowest BCUT2D eigenvalue weighted by Crippen LogP contribution is -2.43. The van der Waals surface area contributed by atoms with Crippen LogP contribution in [0.4, 0.5) is 0 Å². The molecule has 5 aromatic rings. The molecule has 1 aliphatic heterocycles. The molecule has 6 rings (SSSR count). The fraction of sp³-hybridized carbons (Fsp3) is 0.0938. The van der Waals surface area contributed by atoms with Crippen LogP contribution in [0.5, 0.6) is 5.75 Å². The summed E-state index contributed by atoms with van der Waals surface area (Å²) in [4.78, 5) is 5.32. The average molecular weight is 467 g/mol. The maximum atomic E-state index is 6.65. The lowest BCUT2D eigenvalue weighted by atomic mass is 9.77. The zero-order valence-electron chi connectivity index (χ0n) is 20.2. The highest BCUT2D eigenvalue weighted by molar-refractivity contribution is 6.62. The summed E-state index contributed by atoms with van der Waals surface area (Å²) < 4.78 is 13.2. The highest BCUT2D eigenvalue weighted by atomic mass is 16.6. The topological polar surface area (TPSA) is 30.8 Å². The third-order valence-corrected chi connectivity index (χ3v) is 6.87. The zero-order chi connectivity index (χ0) is 24.4. The number of hydrogen-bond acceptors (Lipinski definition) is 3. The first kappa shape index (κ1) is 22.3. The van der Waals surface area contributed by atoms with Crippen molar-refractivity contribution in [2.24, 2.45) is 4.99 Å². The number of rotatable bonds is 3. The van der Waals surface area contributed by atoms with E-state index in [9.17, 15) is 0 Å². The van der Waals surface area contributed by atoms with Crippen LogP contribution in [-0.4, -0.2) is 19.9 Å². The smallest absolute Gasteiger partial charge is 0.532 e. The van der Waals surface area contributed by atoms with Crippen LogP contribution in [0.2, 0.25) is 0 Å². The number of aliphatic imine (C=N–C) groups is 1. The lowest BCUT2D eigenvalue weighted by Gasteiger charge is -2.31. The van der Waals surface area contributed by atoms with Gasteiger partial charge in [-0.15, -0.1) is 0 Å². The number of fused-ring (bicyclic) bond motifs is 3. The normalized spacial score (nSPS) is 14.9. The van der Waals surface area contributed by atoms with Crippen LogP contribution in [0.3, 0.4) is 0 Å². The van der Waals surface area contributed by atoms with Crippen molar-refractivity contribution >= 4 is 29.6 Å². The first-order chi connectivity index (χ1) is 17.7. The van der Waals surface area contributed by atoms with Crippen molar-refractivity contribution in [1.29, 1.82) is 0 Å². The minimum absolute atomic E-state index is 0.321. The van der Waals surface area contributed by atoms with E-state index < -0.39 is 12.7 Å². The molecule has 0 aliphatic carbocycles. The van der Waals surface area contributed by atoms with Crippen molar-refractivity contribution in [3.63, 3.8) is 0 Å². The van der Waals surface area contributed by atoms with E-state index >= 15 is 0 Å². The van der Waals surface area contributed by atoms with E-state index in [1.807, 2.05) is 24.4 Å². The molecule has 0 amide bonds. The van der Waals surface area contributed by atoms with Gasteiger partial charge in [0.1, 0.15) is 11.3 Å². The van der Waals surface area contributed by atoms with Crippen LogP contribution in [0.1, 0.15) is 22.3 Å². The van der Waals surface area contributed by atoms with Crippen LogP contribution in [0, 0.1) is 6.92 Å². The molecule has 0 fully saturated rings. The van der Waals surface area contributed by atoms with Gasteiger partial charge in [0.25, 0.3) is 0 Å². The van der Waals surface area contributed by atoms with Gasteiger partial charge in [-0.05, 0) is 40.4 Å². The molecule has 36 heavy (non-hydrogen) atoms. The summed E-state index contributed by atoms with van der Waals surface area (Å²) in [5, 5.41) is 2.24. The van der Waals surface area contributed by atoms with Gasteiger partial charge in [0.15, 0.2) is 0 Å². The predicted octanol–water partition coefficient (Wildman–Crippen LogP) is 6.32. The lowest BCUT2D eigenvalue weighted by molar-refractivity contribution is 0.221. The Hall–Kier alpha value is -4.15. The largest absolute Gasteiger partial charge is 0.562 e. The molecule has 0 spiro atoms. The summed E-state index contributed by atoms with van der Waals surface area (Å²) in [5.41, 5.74) is 4.51. The van der Waals surface area contributed by atoms with E-state index in [-0.39, 0.29) is 0 Å². The molecule has 0 saturated heterocycles. The second-order valence-corrected chi connectivity index (χ2v) is 9.22. The molecule has 0 saturated carbocycles. The van der Waals surface area contributed by atoms with Crippen LogP contribution in [-0.2, 0) is 10.2 Å². The second-order valence-electron chi connectivity index (χ2n) is 9.22. The number of aryl methyl sites for hydroxylation is 1. The summed E-state index contributed by atoms with van der Waals surface area (Å²) in [6.07, 6.45) is 1.97. The third-order valence-electron chi connectivity index (χ3n) is 6.87. The quantitative estimate of drug-likeness (QED) is 0.291. The molecule has 1 aliphatic rings. The van der Waals surface area contributed by atoms with E-state index in [1.165, 1.54) is 5.56 Å². The van der Waals surface area contributed by atoms with Gasteiger partial charge in [-0.25, -0.2) is 0 Å². The van der Waals surface area contributed by atoms with E-state index in [4.69, 9.17) is 14.3 Å². The van der Waals surface area contributed by atoms with E-state index in [1.54, 1.807) is 0 Å². The first-order valence-corrected chi connectivity index (χ1v) is 12.3. The van der Waals surface area contributed by atoms with Crippen LogP contribution >= 0.6 is 0 Å². The molecule has 174 valence electrons. The average Bonchev–Trinajstić information content (AvgIpc) is 3.03. The van der Waals surface area contributed by atoms with Crippen LogP contribution < -0.4 is 10.1 Å². The maximum Gasteiger partial charge on any atom is 0.562 e. The molecular weight excluding hydrogens is 441 g/mol. The Morgan fingerprint density at radius 1 is 0.694 bits per heavy atom.